The van der Waals surface area contributed by atoms with E-state index in [0.717, 1.165) is 18.1 Å². The van der Waals surface area contributed by atoms with Crippen molar-refractivity contribution in [2.75, 3.05) is 6.54 Å². The molecule has 1 aromatic rings. The van der Waals surface area contributed by atoms with Gasteiger partial charge in [-0.25, -0.2) is 0 Å². The number of nitrogens with two attached hydrogens (primary N) is 1. The van der Waals surface area contributed by atoms with Gasteiger partial charge in [0.15, 0.2) is 0 Å². The standard InChI is InChI=1S/C13H22N2O/c1-10-5-3-4-6-15(10)9-12-7-13(8-14)16-11(12)2/h7,10H,3-6,8-9,14H2,1-2H3. The Hall–Kier alpha value is -0.800. The highest BCUT2D eigenvalue weighted by molar-refractivity contribution is 5.20. The van der Waals surface area contributed by atoms with Crippen molar-refractivity contribution < 1.29 is 4.42 Å². The zero-order valence-corrected chi connectivity index (χ0v) is 10.3. The Morgan fingerprint density at radius 2 is 2.31 bits per heavy atom. The fourth-order valence-corrected chi connectivity index (χ4v) is 2.46. The largest absolute Gasteiger partial charge is 0.465 e. The zero-order chi connectivity index (χ0) is 11.5. The predicted molar refractivity (Wildman–Crippen MR) is 65.1 cm³/mol. The third-order valence-corrected chi connectivity index (χ3v) is 3.59. The molecule has 90 valence electrons. The lowest BCUT2D eigenvalue weighted by molar-refractivity contribution is 0.152. The third-order valence-electron chi connectivity index (χ3n) is 3.59. The first-order valence-electron chi connectivity index (χ1n) is 6.23. The average Bonchev–Trinajstić information content (AvgIpc) is 2.63. The van der Waals surface area contributed by atoms with Crippen LogP contribution < -0.4 is 5.73 Å². The van der Waals surface area contributed by atoms with Crippen molar-refractivity contribution in [3.63, 3.8) is 0 Å². The van der Waals surface area contributed by atoms with Crippen LogP contribution in [0.4, 0.5) is 0 Å². The van der Waals surface area contributed by atoms with Crippen LogP contribution in [0.25, 0.3) is 0 Å². The monoisotopic (exact) mass is 222 g/mol. The fraction of sp³-hybridized carbons (Fsp3) is 0.692. The van der Waals surface area contributed by atoms with E-state index in [0.29, 0.717) is 12.6 Å². The van der Waals surface area contributed by atoms with E-state index in [1.54, 1.807) is 0 Å². The van der Waals surface area contributed by atoms with Crippen LogP contribution in [-0.2, 0) is 13.1 Å². The highest BCUT2D eigenvalue weighted by Crippen LogP contribution is 2.22. The second-order valence-electron chi connectivity index (χ2n) is 4.81. The molecule has 1 aromatic heterocycles. The number of nitrogens with zero attached hydrogens (tertiary/aromatic N) is 1. The maximum absolute atomic E-state index is 5.59. The molecule has 3 heteroatoms. The fourth-order valence-electron chi connectivity index (χ4n) is 2.46. The Bertz CT molecular complexity index is 346. The van der Waals surface area contributed by atoms with Crippen LogP contribution >= 0.6 is 0 Å². The second kappa shape index (κ2) is 5.02. The van der Waals surface area contributed by atoms with Gasteiger partial charge in [0.05, 0.1) is 6.54 Å². The number of piperidine rings is 1. The summed E-state index contributed by atoms with van der Waals surface area (Å²) >= 11 is 0. The number of hydrogen-bond acceptors (Lipinski definition) is 3. The van der Waals surface area contributed by atoms with Gasteiger partial charge in [0.2, 0.25) is 0 Å². The van der Waals surface area contributed by atoms with Crippen LogP contribution in [0, 0.1) is 6.92 Å². The second-order valence-corrected chi connectivity index (χ2v) is 4.81. The highest BCUT2D eigenvalue weighted by Gasteiger charge is 2.19. The van der Waals surface area contributed by atoms with E-state index in [1.165, 1.54) is 31.4 Å². The van der Waals surface area contributed by atoms with Crippen LogP contribution in [0.15, 0.2) is 10.5 Å². The molecule has 2 N–H and O–H groups in total. The molecule has 1 atom stereocenters. The van der Waals surface area contributed by atoms with E-state index < -0.39 is 0 Å². The third kappa shape index (κ3) is 2.47. The van der Waals surface area contributed by atoms with Crippen LogP contribution in [0.5, 0.6) is 0 Å². The number of aryl methyl sites for hydroxylation is 1. The Labute approximate surface area is 97.6 Å². The lowest BCUT2D eigenvalue weighted by Gasteiger charge is -2.33. The number of rotatable bonds is 3. The van der Waals surface area contributed by atoms with Crippen molar-refractivity contribution in [1.82, 2.24) is 4.90 Å². The Kier molecular flexibility index (Phi) is 3.66. The van der Waals surface area contributed by atoms with E-state index in [9.17, 15) is 0 Å². The molecule has 1 aliphatic heterocycles. The van der Waals surface area contributed by atoms with Gasteiger partial charge in [-0.15, -0.1) is 0 Å². The molecule has 1 saturated heterocycles. The summed E-state index contributed by atoms with van der Waals surface area (Å²) in [6, 6.07) is 2.81. The minimum atomic E-state index is 0.496. The number of furan rings is 1. The van der Waals surface area contributed by atoms with Gasteiger partial charge in [0, 0.05) is 18.2 Å². The van der Waals surface area contributed by atoms with Crippen molar-refractivity contribution in [1.29, 1.82) is 0 Å². The van der Waals surface area contributed by atoms with Gasteiger partial charge >= 0.3 is 0 Å². The molecule has 1 unspecified atom stereocenters. The summed E-state index contributed by atoms with van der Waals surface area (Å²) in [5.74, 6) is 1.93. The molecular formula is C13H22N2O. The van der Waals surface area contributed by atoms with Crippen molar-refractivity contribution in [3.8, 4) is 0 Å². The Balaban J connectivity index is 2.04. The maximum Gasteiger partial charge on any atom is 0.118 e. The van der Waals surface area contributed by atoms with E-state index >= 15 is 0 Å². The molecule has 2 heterocycles. The molecule has 0 radical (unpaired) electrons. The summed E-state index contributed by atoms with van der Waals surface area (Å²) in [5, 5.41) is 0. The first-order chi connectivity index (χ1) is 7.70. The molecule has 0 spiro atoms. The van der Waals surface area contributed by atoms with Gasteiger partial charge in [-0.1, -0.05) is 6.42 Å². The van der Waals surface area contributed by atoms with Gasteiger partial charge < -0.3 is 10.2 Å². The molecule has 0 aliphatic carbocycles. The van der Waals surface area contributed by atoms with Crippen LogP contribution in [0.3, 0.4) is 0 Å². The zero-order valence-electron chi connectivity index (χ0n) is 10.3. The van der Waals surface area contributed by atoms with Gasteiger partial charge in [0.25, 0.3) is 0 Å². The van der Waals surface area contributed by atoms with Crippen LogP contribution in [0.1, 0.15) is 43.3 Å². The summed E-state index contributed by atoms with van der Waals surface area (Å²) in [6.45, 7) is 7.07. The minimum absolute atomic E-state index is 0.496. The quantitative estimate of drug-likeness (QED) is 0.854. The lowest BCUT2D eigenvalue weighted by atomic mass is 10.0. The maximum atomic E-state index is 5.59. The van der Waals surface area contributed by atoms with Gasteiger partial charge in [-0.2, -0.15) is 0 Å². The molecule has 1 aliphatic rings. The molecule has 0 bridgehead atoms. The topological polar surface area (TPSA) is 42.4 Å². The molecule has 2 rings (SSSR count). The SMILES string of the molecule is Cc1oc(CN)cc1CN1CCCCC1C. The minimum Gasteiger partial charge on any atom is -0.465 e. The molecule has 1 fully saturated rings. The Morgan fingerprint density at radius 3 is 2.94 bits per heavy atom. The van der Waals surface area contributed by atoms with E-state index in [-0.39, 0.29) is 0 Å². The van der Waals surface area contributed by atoms with Crippen molar-refractivity contribution in [2.24, 2.45) is 5.73 Å². The summed E-state index contributed by atoms with van der Waals surface area (Å²) in [5.41, 5.74) is 6.89. The molecule has 0 saturated carbocycles. The van der Waals surface area contributed by atoms with Crippen LogP contribution in [0.2, 0.25) is 0 Å². The van der Waals surface area contributed by atoms with E-state index in [2.05, 4.69) is 17.9 Å². The molecular weight excluding hydrogens is 200 g/mol. The van der Waals surface area contributed by atoms with Crippen LogP contribution in [-0.4, -0.2) is 17.5 Å². The van der Waals surface area contributed by atoms with E-state index in [1.807, 2.05) is 6.92 Å². The van der Waals surface area contributed by atoms with Crippen molar-refractivity contribution in [2.45, 2.75) is 52.2 Å². The van der Waals surface area contributed by atoms with Crippen molar-refractivity contribution >= 4 is 0 Å². The lowest BCUT2D eigenvalue weighted by Crippen LogP contribution is -2.36. The number of hydrogen-bond donors (Lipinski definition) is 1. The molecule has 0 aromatic carbocycles. The summed E-state index contributed by atoms with van der Waals surface area (Å²) in [7, 11) is 0. The van der Waals surface area contributed by atoms with Gasteiger partial charge in [0.1, 0.15) is 11.5 Å². The Morgan fingerprint density at radius 1 is 1.50 bits per heavy atom. The molecule has 3 nitrogen and oxygen atoms in total. The summed E-state index contributed by atoms with van der Waals surface area (Å²) in [6.07, 6.45) is 4.02. The smallest absolute Gasteiger partial charge is 0.118 e. The molecule has 16 heavy (non-hydrogen) atoms. The first-order valence-corrected chi connectivity index (χ1v) is 6.23. The van der Waals surface area contributed by atoms with Gasteiger partial charge in [-0.05, 0) is 39.3 Å². The summed E-state index contributed by atoms with van der Waals surface area (Å²) in [4.78, 5) is 2.54. The van der Waals surface area contributed by atoms with Crippen molar-refractivity contribution in [3.05, 3.63) is 23.2 Å². The average molecular weight is 222 g/mol. The highest BCUT2D eigenvalue weighted by atomic mass is 16.3. The van der Waals surface area contributed by atoms with Gasteiger partial charge in [-0.3, -0.25) is 4.90 Å². The normalized spacial score (nSPS) is 22.6. The van der Waals surface area contributed by atoms with E-state index in [4.69, 9.17) is 10.2 Å². The first kappa shape index (κ1) is 11.7. The number of likely N-dealkylation sites (tertiary alicyclic amines) is 1. The summed E-state index contributed by atoms with van der Waals surface area (Å²) < 4.78 is 5.59. The predicted octanol–water partition coefficient (Wildman–Crippen LogP) is 2.42. The molecule has 0 amide bonds.